The van der Waals surface area contributed by atoms with Gasteiger partial charge in [-0.15, -0.1) is 0 Å². The molecule has 0 spiro atoms. The van der Waals surface area contributed by atoms with Gasteiger partial charge in [0.25, 0.3) is 0 Å². The number of nitrogens with zero attached hydrogens (tertiary/aromatic N) is 2. The third-order valence-corrected chi connectivity index (χ3v) is 5.49. The number of hydrogen-bond acceptors (Lipinski definition) is 4. The average molecular weight is 405 g/mol. The number of benzene rings is 2. The van der Waals surface area contributed by atoms with Crippen molar-refractivity contribution in [3.63, 3.8) is 0 Å². The van der Waals surface area contributed by atoms with Gasteiger partial charge in [0.05, 0.1) is 18.6 Å². The van der Waals surface area contributed by atoms with Gasteiger partial charge in [0.2, 0.25) is 10.0 Å². The zero-order valence-electron chi connectivity index (χ0n) is 16.6. The molecule has 28 heavy (non-hydrogen) atoms. The number of aliphatic imine (C=N–C) groups is 1. The maximum atomic E-state index is 12.2. The van der Waals surface area contributed by atoms with Gasteiger partial charge in [0.1, 0.15) is 5.75 Å². The molecule has 0 aliphatic heterocycles. The van der Waals surface area contributed by atoms with Gasteiger partial charge < -0.3 is 15.0 Å². The summed E-state index contributed by atoms with van der Waals surface area (Å²) in [4.78, 5) is 6.75. The Balaban J connectivity index is 1.98. The fraction of sp³-hybridized carbons (Fsp3) is 0.350. The second-order valence-corrected chi connectivity index (χ2v) is 7.88. The van der Waals surface area contributed by atoms with Crippen LogP contribution in [0.1, 0.15) is 12.5 Å². The molecule has 7 nitrogen and oxygen atoms in total. The van der Waals surface area contributed by atoms with E-state index in [1.54, 1.807) is 37.4 Å². The van der Waals surface area contributed by atoms with Crippen molar-refractivity contribution in [3.05, 3.63) is 60.2 Å². The van der Waals surface area contributed by atoms with Crippen LogP contribution in [0.4, 0.5) is 0 Å². The predicted molar refractivity (Wildman–Crippen MR) is 112 cm³/mol. The SMILES string of the molecule is CCNC(=NCCNS(=O)(=O)c1ccccc1)N(C)Cc1ccccc1OC. The molecule has 8 heteroatoms. The smallest absolute Gasteiger partial charge is 0.240 e. The van der Waals surface area contributed by atoms with Crippen LogP contribution in [0.2, 0.25) is 0 Å². The van der Waals surface area contributed by atoms with Crippen LogP contribution in [0.15, 0.2) is 64.5 Å². The van der Waals surface area contributed by atoms with Crippen molar-refractivity contribution in [3.8, 4) is 5.75 Å². The Hall–Kier alpha value is -2.58. The number of ether oxygens (including phenoxy) is 1. The molecule has 0 fully saturated rings. The quantitative estimate of drug-likeness (QED) is 0.380. The largest absolute Gasteiger partial charge is 0.496 e. The number of sulfonamides is 1. The minimum Gasteiger partial charge on any atom is -0.496 e. The monoisotopic (exact) mass is 404 g/mol. The standard InChI is InChI=1S/C20H28N4O3S/c1-4-21-20(24(2)16-17-10-8-9-13-19(17)27-3)22-14-15-23-28(25,26)18-11-6-5-7-12-18/h5-13,23H,4,14-16H2,1-3H3,(H,21,22). The number of rotatable bonds is 9. The molecule has 2 aromatic rings. The fourth-order valence-electron chi connectivity index (χ4n) is 2.66. The van der Waals surface area contributed by atoms with E-state index in [1.165, 1.54) is 0 Å². The molecule has 2 aromatic carbocycles. The van der Waals surface area contributed by atoms with E-state index in [9.17, 15) is 8.42 Å². The van der Waals surface area contributed by atoms with Gasteiger partial charge in [-0.1, -0.05) is 36.4 Å². The highest BCUT2D eigenvalue weighted by atomic mass is 32.2. The molecule has 0 bridgehead atoms. The van der Waals surface area contributed by atoms with Gasteiger partial charge >= 0.3 is 0 Å². The van der Waals surface area contributed by atoms with E-state index in [0.717, 1.165) is 11.3 Å². The van der Waals surface area contributed by atoms with Crippen LogP contribution in [0.25, 0.3) is 0 Å². The average Bonchev–Trinajstić information content (AvgIpc) is 2.71. The van der Waals surface area contributed by atoms with E-state index in [0.29, 0.717) is 25.6 Å². The van der Waals surface area contributed by atoms with Crippen LogP contribution >= 0.6 is 0 Å². The number of methoxy groups -OCH3 is 1. The second kappa shape index (κ2) is 10.7. The van der Waals surface area contributed by atoms with Crippen molar-refractivity contribution in [1.82, 2.24) is 14.9 Å². The molecular weight excluding hydrogens is 376 g/mol. The lowest BCUT2D eigenvalue weighted by molar-refractivity contribution is 0.396. The highest BCUT2D eigenvalue weighted by Gasteiger charge is 2.13. The van der Waals surface area contributed by atoms with Crippen LogP contribution in [0.3, 0.4) is 0 Å². The minimum absolute atomic E-state index is 0.217. The summed E-state index contributed by atoms with van der Waals surface area (Å²) < 4.78 is 32.5. The predicted octanol–water partition coefficient (Wildman–Crippen LogP) is 2.07. The number of nitrogens with one attached hydrogen (secondary N) is 2. The van der Waals surface area contributed by atoms with Crippen LogP contribution in [0, 0.1) is 0 Å². The lowest BCUT2D eigenvalue weighted by atomic mass is 10.2. The summed E-state index contributed by atoms with van der Waals surface area (Å²) in [6.07, 6.45) is 0. The van der Waals surface area contributed by atoms with Crippen molar-refractivity contribution >= 4 is 16.0 Å². The first-order chi connectivity index (χ1) is 13.5. The van der Waals surface area contributed by atoms with Gasteiger partial charge in [0, 0.05) is 32.2 Å². The zero-order valence-corrected chi connectivity index (χ0v) is 17.4. The van der Waals surface area contributed by atoms with E-state index in [-0.39, 0.29) is 11.4 Å². The summed E-state index contributed by atoms with van der Waals surface area (Å²) in [6, 6.07) is 16.1. The van der Waals surface area contributed by atoms with Crippen LogP contribution < -0.4 is 14.8 Å². The van der Waals surface area contributed by atoms with E-state index < -0.39 is 10.0 Å². The lowest BCUT2D eigenvalue weighted by Gasteiger charge is -2.23. The van der Waals surface area contributed by atoms with Crippen LogP contribution in [-0.4, -0.2) is 53.1 Å². The Morgan fingerprint density at radius 2 is 1.79 bits per heavy atom. The van der Waals surface area contributed by atoms with Gasteiger partial charge in [-0.3, -0.25) is 4.99 Å². The minimum atomic E-state index is -3.52. The van der Waals surface area contributed by atoms with E-state index >= 15 is 0 Å². The first kappa shape index (κ1) is 21.7. The van der Waals surface area contributed by atoms with Gasteiger partial charge in [-0.25, -0.2) is 13.1 Å². The Morgan fingerprint density at radius 3 is 2.46 bits per heavy atom. The Labute approximate surface area is 167 Å². The number of hydrogen-bond donors (Lipinski definition) is 2. The van der Waals surface area contributed by atoms with E-state index in [2.05, 4.69) is 15.0 Å². The molecule has 0 unspecified atom stereocenters. The van der Waals surface area contributed by atoms with Gasteiger partial charge in [-0.2, -0.15) is 0 Å². The van der Waals surface area contributed by atoms with Gasteiger partial charge in [-0.05, 0) is 25.1 Å². The third-order valence-electron chi connectivity index (χ3n) is 4.02. The Morgan fingerprint density at radius 1 is 1.11 bits per heavy atom. The topological polar surface area (TPSA) is 83.0 Å². The second-order valence-electron chi connectivity index (χ2n) is 6.11. The summed E-state index contributed by atoms with van der Waals surface area (Å²) in [5, 5.41) is 3.23. The Kier molecular flexibility index (Phi) is 8.28. The normalized spacial score (nSPS) is 11.9. The molecule has 2 N–H and O–H groups in total. The Bertz CT molecular complexity index is 870. The lowest BCUT2D eigenvalue weighted by Crippen LogP contribution is -2.39. The molecule has 0 atom stereocenters. The molecule has 0 saturated carbocycles. The summed E-state index contributed by atoms with van der Waals surface area (Å²) >= 11 is 0. The summed E-state index contributed by atoms with van der Waals surface area (Å²) in [5.41, 5.74) is 1.04. The molecule has 0 amide bonds. The highest BCUT2D eigenvalue weighted by Crippen LogP contribution is 2.18. The number of para-hydroxylation sites is 1. The molecular formula is C20H28N4O3S. The van der Waals surface area contributed by atoms with Crippen molar-refractivity contribution in [1.29, 1.82) is 0 Å². The molecule has 152 valence electrons. The molecule has 0 radical (unpaired) electrons. The first-order valence-electron chi connectivity index (χ1n) is 9.14. The molecule has 0 aliphatic carbocycles. The zero-order chi connectivity index (χ0) is 20.4. The van der Waals surface area contributed by atoms with Crippen LogP contribution in [-0.2, 0) is 16.6 Å². The number of guanidine groups is 1. The maximum absolute atomic E-state index is 12.2. The van der Waals surface area contributed by atoms with Crippen molar-refractivity contribution in [2.75, 3.05) is 33.8 Å². The van der Waals surface area contributed by atoms with Gasteiger partial charge in [0.15, 0.2) is 5.96 Å². The molecule has 0 heterocycles. The molecule has 0 aliphatic rings. The van der Waals surface area contributed by atoms with Crippen LogP contribution in [0.5, 0.6) is 5.75 Å². The summed E-state index contributed by atoms with van der Waals surface area (Å²) in [6.45, 7) is 3.86. The molecule has 0 saturated heterocycles. The summed E-state index contributed by atoms with van der Waals surface area (Å²) in [7, 11) is 0.0643. The third kappa shape index (κ3) is 6.24. The molecule has 2 rings (SSSR count). The summed E-state index contributed by atoms with van der Waals surface area (Å²) in [5.74, 6) is 1.52. The van der Waals surface area contributed by atoms with Crippen molar-refractivity contribution in [2.24, 2.45) is 4.99 Å². The van der Waals surface area contributed by atoms with Crippen molar-refractivity contribution < 1.29 is 13.2 Å². The first-order valence-corrected chi connectivity index (χ1v) is 10.6. The molecule has 0 aromatic heterocycles. The van der Waals surface area contributed by atoms with Crippen molar-refractivity contribution in [2.45, 2.75) is 18.4 Å². The fourth-order valence-corrected chi connectivity index (χ4v) is 3.70. The van der Waals surface area contributed by atoms with E-state index in [4.69, 9.17) is 4.74 Å². The van der Waals surface area contributed by atoms with E-state index in [1.807, 2.05) is 43.1 Å². The highest BCUT2D eigenvalue weighted by molar-refractivity contribution is 7.89. The maximum Gasteiger partial charge on any atom is 0.240 e.